The zero-order valence-corrected chi connectivity index (χ0v) is 22.0. The zero-order chi connectivity index (χ0) is 29.1. The monoisotopic (exact) mass is 546 g/mol. The Labute approximate surface area is 225 Å². The highest BCUT2D eigenvalue weighted by molar-refractivity contribution is 5.94. The number of para-hydroxylation sites is 1. The van der Waals surface area contributed by atoms with Crippen LogP contribution in [0.5, 0.6) is 0 Å². The molecule has 0 aliphatic heterocycles. The van der Waals surface area contributed by atoms with E-state index in [2.05, 4.69) is 25.9 Å². The number of fused-ring (bicyclic) bond motifs is 1. The number of nitrogens with one attached hydrogen (secondary N) is 4. The summed E-state index contributed by atoms with van der Waals surface area (Å²) in [6, 6.07) is 2.76. The van der Waals surface area contributed by atoms with Gasteiger partial charge in [0.2, 0.25) is 17.7 Å². The Bertz CT molecular complexity index is 1180. The Kier molecular flexibility index (Phi) is 11.7. The number of H-pyrrole nitrogens is 1. The molecule has 4 unspecified atom stereocenters. The Balaban J connectivity index is 2.11. The van der Waals surface area contributed by atoms with Gasteiger partial charge in [-0.25, -0.2) is 4.79 Å². The number of aromatic nitrogens is 1. The third kappa shape index (κ3) is 9.26. The molecule has 0 saturated heterocycles. The first-order valence-corrected chi connectivity index (χ1v) is 12.5. The maximum absolute atomic E-state index is 13.1. The van der Waals surface area contributed by atoms with E-state index >= 15 is 0 Å². The Morgan fingerprint density at radius 2 is 1.64 bits per heavy atom. The maximum atomic E-state index is 13.1. The smallest absolute Gasteiger partial charge is 0.326 e. The van der Waals surface area contributed by atoms with E-state index in [0.717, 1.165) is 16.5 Å². The lowest BCUT2D eigenvalue weighted by Gasteiger charge is -2.25. The number of hydrogen-bond acceptors (Lipinski definition) is 7. The first-order chi connectivity index (χ1) is 18.4. The standard InChI is InChI=1S/C25H38N8O6/c1-13(2)20(24(38)39)33-23(37)19(12-34)32-22(36)18(8-5-9-29-25(27)28)31-21(35)16(26)10-14-11-30-17-7-4-3-6-15(14)17/h3-4,6-7,11,13,16,18-20,30,34H,5,8-10,12,26H2,1-2H3,(H,31,35)(H,32,36)(H,33,37)(H,38,39)(H4,27,28,29). The number of carboxylic acid groups (broad SMARTS) is 1. The summed E-state index contributed by atoms with van der Waals surface area (Å²) in [5, 5.41) is 27.2. The van der Waals surface area contributed by atoms with Gasteiger partial charge in [0.1, 0.15) is 18.1 Å². The highest BCUT2D eigenvalue weighted by atomic mass is 16.4. The predicted molar refractivity (Wildman–Crippen MR) is 145 cm³/mol. The fourth-order valence-electron chi connectivity index (χ4n) is 3.92. The number of nitrogens with two attached hydrogens (primary N) is 3. The molecule has 0 aliphatic carbocycles. The summed E-state index contributed by atoms with van der Waals surface area (Å²) in [7, 11) is 0. The van der Waals surface area contributed by atoms with Gasteiger partial charge in [-0.1, -0.05) is 32.0 Å². The number of aliphatic carboxylic acids is 1. The maximum Gasteiger partial charge on any atom is 0.326 e. The van der Waals surface area contributed by atoms with Crippen molar-refractivity contribution in [3.05, 3.63) is 36.0 Å². The molecule has 39 heavy (non-hydrogen) atoms. The van der Waals surface area contributed by atoms with Gasteiger partial charge >= 0.3 is 5.97 Å². The number of aliphatic imine (C=N–C) groups is 1. The van der Waals surface area contributed by atoms with Crippen molar-refractivity contribution < 1.29 is 29.4 Å². The largest absolute Gasteiger partial charge is 0.480 e. The number of guanidine groups is 1. The average molecular weight is 547 g/mol. The van der Waals surface area contributed by atoms with Crippen LogP contribution in [0.2, 0.25) is 0 Å². The van der Waals surface area contributed by atoms with Gasteiger partial charge in [-0.2, -0.15) is 0 Å². The number of hydrogen-bond donors (Lipinski definition) is 9. The first-order valence-electron chi connectivity index (χ1n) is 12.5. The molecule has 1 aromatic heterocycles. The van der Waals surface area contributed by atoms with Crippen LogP contribution in [-0.4, -0.2) is 82.2 Å². The number of rotatable bonds is 15. The van der Waals surface area contributed by atoms with E-state index in [0.29, 0.717) is 6.42 Å². The molecular weight excluding hydrogens is 508 g/mol. The third-order valence-corrected chi connectivity index (χ3v) is 6.08. The lowest BCUT2D eigenvalue weighted by molar-refractivity contribution is -0.143. The van der Waals surface area contributed by atoms with Crippen LogP contribution in [0.15, 0.2) is 35.5 Å². The van der Waals surface area contributed by atoms with E-state index in [1.165, 1.54) is 0 Å². The lowest BCUT2D eigenvalue weighted by atomic mass is 10.0. The second-order valence-electron chi connectivity index (χ2n) is 9.49. The van der Waals surface area contributed by atoms with Crippen LogP contribution >= 0.6 is 0 Å². The normalized spacial score (nSPS) is 14.2. The van der Waals surface area contributed by atoms with E-state index in [-0.39, 0.29) is 25.3 Å². The predicted octanol–water partition coefficient (Wildman–Crippen LogP) is -1.72. The number of carbonyl (C=O) groups is 4. The molecule has 3 amide bonds. The highest BCUT2D eigenvalue weighted by Gasteiger charge is 2.31. The Morgan fingerprint density at radius 1 is 1.00 bits per heavy atom. The molecule has 14 nitrogen and oxygen atoms in total. The van der Waals surface area contributed by atoms with Gasteiger partial charge in [-0.3, -0.25) is 19.4 Å². The van der Waals surface area contributed by atoms with Crippen molar-refractivity contribution in [3.8, 4) is 0 Å². The van der Waals surface area contributed by atoms with Gasteiger partial charge in [0, 0.05) is 23.6 Å². The van der Waals surface area contributed by atoms with Gasteiger partial charge in [-0.15, -0.1) is 0 Å². The summed E-state index contributed by atoms with van der Waals surface area (Å²) in [6.45, 7) is 2.60. The lowest BCUT2D eigenvalue weighted by Crippen LogP contribution is -2.58. The molecule has 0 saturated carbocycles. The van der Waals surface area contributed by atoms with Crippen molar-refractivity contribution in [1.29, 1.82) is 0 Å². The molecule has 1 heterocycles. The Morgan fingerprint density at radius 3 is 2.26 bits per heavy atom. The molecule has 4 atom stereocenters. The second kappa shape index (κ2) is 14.7. The molecule has 14 heteroatoms. The number of aliphatic hydroxyl groups is 1. The topological polar surface area (TPSA) is 251 Å². The van der Waals surface area contributed by atoms with Gasteiger partial charge < -0.3 is 48.3 Å². The van der Waals surface area contributed by atoms with Crippen LogP contribution in [0.3, 0.4) is 0 Å². The van der Waals surface area contributed by atoms with E-state index in [1.807, 2.05) is 24.3 Å². The summed E-state index contributed by atoms with van der Waals surface area (Å²) < 4.78 is 0. The number of carboxylic acids is 1. The van der Waals surface area contributed by atoms with Crippen molar-refractivity contribution in [3.63, 3.8) is 0 Å². The van der Waals surface area contributed by atoms with Crippen molar-refractivity contribution in [2.24, 2.45) is 28.1 Å². The van der Waals surface area contributed by atoms with Crippen LogP contribution in [0, 0.1) is 5.92 Å². The van der Waals surface area contributed by atoms with Crippen LogP contribution in [0.4, 0.5) is 0 Å². The summed E-state index contributed by atoms with van der Waals surface area (Å²) in [5.74, 6) is -4.07. The minimum absolute atomic E-state index is 0.0949. The number of carbonyl (C=O) groups excluding carboxylic acids is 3. The molecule has 0 fully saturated rings. The van der Waals surface area contributed by atoms with E-state index in [9.17, 15) is 29.4 Å². The van der Waals surface area contributed by atoms with E-state index < -0.39 is 60.4 Å². The number of aromatic amines is 1. The van der Waals surface area contributed by atoms with Crippen molar-refractivity contribution in [2.45, 2.75) is 57.3 Å². The SMILES string of the molecule is CC(C)C(NC(=O)C(CO)NC(=O)C(CCCN=C(N)N)NC(=O)C(N)Cc1c[nH]c2ccccc12)C(=O)O. The molecule has 12 N–H and O–H groups in total. The molecule has 2 rings (SSSR count). The second-order valence-corrected chi connectivity index (χ2v) is 9.49. The molecule has 0 radical (unpaired) electrons. The van der Waals surface area contributed by atoms with Gasteiger partial charge in [-0.05, 0) is 36.8 Å². The molecule has 0 spiro atoms. The average Bonchev–Trinajstić information content (AvgIpc) is 3.29. The molecular formula is C25H38N8O6. The molecule has 0 aliphatic rings. The summed E-state index contributed by atoms with van der Waals surface area (Å²) in [6.07, 6.45) is 2.37. The molecule has 214 valence electrons. The fraction of sp³-hybridized carbons (Fsp3) is 0.480. The van der Waals surface area contributed by atoms with Crippen LogP contribution < -0.4 is 33.2 Å². The van der Waals surface area contributed by atoms with Crippen LogP contribution in [-0.2, 0) is 25.6 Å². The number of aliphatic hydroxyl groups excluding tert-OH is 1. The Hall–Kier alpha value is -4.17. The number of nitrogens with zero attached hydrogens (tertiary/aromatic N) is 1. The number of benzene rings is 1. The van der Waals surface area contributed by atoms with Crippen molar-refractivity contribution in [2.75, 3.05) is 13.2 Å². The minimum atomic E-state index is -1.45. The molecule has 2 aromatic rings. The van der Waals surface area contributed by atoms with Crippen LogP contribution in [0.1, 0.15) is 32.3 Å². The van der Waals surface area contributed by atoms with E-state index in [4.69, 9.17) is 17.2 Å². The van der Waals surface area contributed by atoms with Crippen molar-refractivity contribution >= 4 is 40.6 Å². The highest BCUT2D eigenvalue weighted by Crippen LogP contribution is 2.18. The quantitative estimate of drug-likeness (QED) is 0.0698. The van der Waals surface area contributed by atoms with Crippen molar-refractivity contribution in [1.82, 2.24) is 20.9 Å². The van der Waals surface area contributed by atoms with E-state index in [1.54, 1.807) is 20.0 Å². The summed E-state index contributed by atoms with van der Waals surface area (Å²) in [4.78, 5) is 57.0. The fourth-order valence-corrected chi connectivity index (χ4v) is 3.92. The molecule has 0 bridgehead atoms. The number of amides is 3. The third-order valence-electron chi connectivity index (χ3n) is 6.08. The first kappa shape index (κ1) is 31.1. The summed E-state index contributed by atoms with van der Waals surface area (Å²) in [5.41, 5.74) is 18.6. The molecule has 1 aromatic carbocycles. The van der Waals surface area contributed by atoms with Crippen LogP contribution in [0.25, 0.3) is 10.9 Å². The summed E-state index contributed by atoms with van der Waals surface area (Å²) >= 11 is 0. The van der Waals surface area contributed by atoms with Gasteiger partial charge in [0.25, 0.3) is 0 Å². The zero-order valence-electron chi connectivity index (χ0n) is 22.0. The van der Waals surface area contributed by atoms with Gasteiger partial charge in [0.15, 0.2) is 5.96 Å². The minimum Gasteiger partial charge on any atom is -0.480 e. The van der Waals surface area contributed by atoms with Gasteiger partial charge in [0.05, 0.1) is 12.6 Å².